The van der Waals surface area contributed by atoms with Crippen LogP contribution in [0.25, 0.3) is 0 Å². The van der Waals surface area contributed by atoms with Crippen molar-refractivity contribution in [3.8, 4) is 0 Å². The van der Waals surface area contributed by atoms with Crippen LogP contribution in [0.5, 0.6) is 0 Å². The van der Waals surface area contributed by atoms with Crippen LogP contribution in [-0.4, -0.2) is 18.1 Å². The zero-order valence-electron chi connectivity index (χ0n) is 10.7. The fourth-order valence-electron chi connectivity index (χ4n) is 1.33. The van der Waals surface area contributed by atoms with Gasteiger partial charge in [0.1, 0.15) is 5.60 Å². The second kappa shape index (κ2) is 5.80. The van der Waals surface area contributed by atoms with Gasteiger partial charge in [0.05, 0.1) is 12.1 Å². The van der Waals surface area contributed by atoms with Crippen molar-refractivity contribution in [1.82, 2.24) is 0 Å². The Kier molecular flexibility index (Phi) is 4.64. The first kappa shape index (κ1) is 14.4. The van der Waals surface area contributed by atoms with Gasteiger partial charge >= 0.3 is 5.97 Å². The largest absolute Gasteiger partial charge is 0.460 e. The summed E-state index contributed by atoms with van der Waals surface area (Å²) in [7, 11) is 0. The molecule has 1 aromatic rings. The number of ether oxygens (including phenoxy) is 1. The van der Waals surface area contributed by atoms with Crippen LogP contribution in [-0.2, 0) is 9.53 Å². The number of rotatable bonds is 4. The third-order valence-electron chi connectivity index (χ3n) is 2.02. The lowest BCUT2D eigenvalue weighted by atomic mass is 10.2. The van der Waals surface area contributed by atoms with Crippen molar-refractivity contribution in [1.29, 1.82) is 0 Å². The Morgan fingerprint density at radius 3 is 2.61 bits per heavy atom. The predicted molar refractivity (Wildman–Crippen MR) is 65.3 cm³/mol. The maximum atomic E-state index is 13.2. The molecule has 0 saturated heterocycles. The van der Waals surface area contributed by atoms with Crippen molar-refractivity contribution in [3.63, 3.8) is 0 Å². The molecule has 0 aliphatic rings. The quantitative estimate of drug-likeness (QED) is 0.842. The number of anilines is 1. The highest BCUT2D eigenvalue weighted by Gasteiger charge is 2.16. The van der Waals surface area contributed by atoms with Gasteiger partial charge in [-0.3, -0.25) is 4.79 Å². The van der Waals surface area contributed by atoms with Crippen LogP contribution in [0.1, 0.15) is 27.2 Å². The minimum Gasteiger partial charge on any atom is -0.460 e. The molecular formula is C13H17F2NO2. The van der Waals surface area contributed by atoms with E-state index in [0.717, 1.165) is 6.07 Å². The fraction of sp³-hybridized carbons (Fsp3) is 0.462. The van der Waals surface area contributed by atoms with Gasteiger partial charge in [-0.15, -0.1) is 0 Å². The zero-order chi connectivity index (χ0) is 13.8. The van der Waals surface area contributed by atoms with E-state index >= 15 is 0 Å². The number of hydrogen-bond acceptors (Lipinski definition) is 3. The molecule has 0 spiro atoms. The fourth-order valence-corrected chi connectivity index (χ4v) is 1.33. The Hall–Kier alpha value is -1.65. The van der Waals surface area contributed by atoms with E-state index in [9.17, 15) is 13.6 Å². The molecule has 0 radical (unpaired) electrons. The molecular weight excluding hydrogens is 240 g/mol. The van der Waals surface area contributed by atoms with Crippen molar-refractivity contribution >= 4 is 11.7 Å². The van der Waals surface area contributed by atoms with E-state index in [1.807, 2.05) is 0 Å². The van der Waals surface area contributed by atoms with E-state index in [0.29, 0.717) is 0 Å². The van der Waals surface area contributed by atoms with Gasteiger partial charge in [0.15, 0.2) is 11.6 Å². The van der Waals surface area contributed by atoms with E-state index in [-0.39, 0.29) is 24.6 Å². The average Bonchev–Trinajstić information content (AvgIpc) is 2.21. The summed E-state index contributed by atoms with van der Waals surface area (Å²) in [6.07, 6.45) is 0.0905. The molecule has 3 nitrogen and oxygen atoms in total. The summed E-state index contributed by atoms with van der Waals surface area (Å²) in [5.41, 5.74) is -0.500. The second-order valence-corrected chi connectivity index (χ2v) is 4.86. The highest BCUT2D eigenvalue weighted by atomic mass is 19.2. The molecule has 0 aliphatic carbocycles. The standard InChI is InChI=1S/C13H17F2NO2/c1-13(2,3)18-11(17)7-8-16-10-6-4-5-9(14)12(10)15/h4-6,16H,7-8H2,1-3H3. The Morgan fingerprint density at radius 1 is 1.33 bits per heavy atom. The first-order valence-electron chi connectivity index (χ1n) is 5.69. The summed E-state index contributed by atoms with van der Waals surface area (Å²) in [5, 5.41) is 2.65. The van der Waals surface area contributed by atoms with Gasteiger partial charge in [-0.1, -0.05) is 6.07 Å². The molecule has 0 amide bonds. The molecule has 100 valence electrons. The second-order valence-electron chi connectivity index (χ2n) is 4.86. The Morgan fingerprint density at radius 2 is 2.00 bits per heavy atom. The molecule has 1 N–H and O–H groups in total. The van der Waals surface area contributed by atoms with Crippen LogP contribution in [0.4, 0.5) is 14.5 Å². The van der Waals surface area contributed by atoms with Gasteiger partial charge in [0.2, 0.25) is 0 Å². The summed E-state index contributed by atoms with van der Waals surface area (Å²) < 4.78 is 31.2. The molecule has 0 aromatic heterocycles. The normalized spacial score (nSPS) is 11.2. The summed E-state index contributed by atoms with van der Waals surface area (Å²) in [4.78, 5) is 11.4. The van der Waals surface area contributed by atoms with Crippen LogP contribution < -0.4 is 5.32 Å². The molecule has 0 unspecified atom stereocenters. The van der Waals surface area contributed by atoms with Crippen LogP contribution in [0.2, 0.25) is 0 Å². The summed E-state index contributed by atoms with van der Waals surface area (Å²) in [6, 6.07) is 3.84. The first-order valence-corrected chi connectivity index (χ1v) is 5.69. The van der Waals surface area contributed by atoms with Crippen LogP contribution >= 0.6 is 0 Å². The Bertz CT molecular complexity index is 427. The first-order chi connectivity index (χ1) is 8.29. The van der Waals surface area contributed by atoms with Crippen molar-refractivity contribution in [3.05, 3.63) is 29.8 Å². The maximum Gasteiger partial charge on any atom is 0.308 e. The van der Waals surface area contributed by atoms with Crippen LogP contribution in [0.15, 0.2) is 18.2 Å². The summed E-state index contributed by atoms with van der Waals surface area (Å²) in [5.74, 6) is -2.24. The highest BCUT2D eigenvalue weighted by Crippen LogP contribution is 2.16. The maximum absolute atomic E-state index is 13.2. The van der Waals surface area contributed by atoms with Crippen molar-refractivity contribution in [2.45, 2.75) is 32.8 Å². The van der Waals surface area contributed by atoms with Gasteiger partial charge in [-0.25, -0.2) is 8.78 Å². The molecule has 0 fully saturated rings. The molecule has 5 heteroatoms. The Labute approximate surface area is 105 Å². The molecule has 18 heavy (non-hydrogen) atoms. The SMILES string of the molecule is CC(C)(C)OC(=O)CCNc1cccc(F)c1F. The molecule has 0 bridgehead atoms. The predicted octanol–water partition coefficient (Wildman–Crippen LogP) is 3.11. The van der Waals surface area contributed by atoms with E-state index in [2.05, 4.69) is 5.32 Å². The molecule has 0 aliphatic heterocycles. The number of carbonyl (C=O) groups excluding carboxylic acids is 1. The van der Waals surface area contributed by atoms with Crippen LogP contribution in [0, 0.1) is 11.6 Å². The lowest BCUT2D eigenvalue weighted by Crippen LogP contribution is -2.25. The van der Waals surface area contributed by atoms with Crippen molar-refractivity contribution < 1.29 is 18.3 Å². The van der Waals surface area contributed by atoms with E-state index in [4.69, 9.17) is 4.74 Å². The minimum absolute atomic E-state index is 0.0403. The number of hydrogen-bond donors (Lipinski definition) is 1. The number of halogens is 2. The van der Waals surface area contributed by atoms with Gasteiger partial charge < -0.3 is 10.1 Å². The minimum atomic E-state index is -0.943. The third-order valence-corrected chi connectivity index (χ3v) is 2.02. The lowest BCUT2D eigenvalue weighted by molar-refractivity contribution is -0.154. The summed E-state index contributed by atoms with van der Waals surface area (Å²) >= 11 is 0. The zero-order valence-corrected chi connectivity index (χ0v) is 10.7. The molecule has 0 saturated carbocycles. The van der Waals surface area contributed by atoms with E-state index < -0.39 is 17.2 Å². The van der Waals surface area contributed by atoms with Crippen molar-refractivity contribution in [2.24, 2.45) is 0 Å². The number of nitrogens with one attached hydrogen (secondary N) is 1. The smallest absolute Gasteiger partial charge is 0.308 e. The molecule has 1 aromatic carbocycles. The number of carbonyl (C=O) groups is 1. The Balaban J connectivity index is 2.43. The average molecular weight is 257 g/mol. The van der Waals surface area contributed by atoms with Gasteiger partial charge in [-0.2, -0.15) is 0 Å². The van der Waals surface area contributed by atoms with Crippen molar-refractivity contribution in [2.75, 3.05) is 11.9 Å². The van der Waals surface area contributed by atoms with Gasteiger partial charge in [0, 0.05) is 6.54 Å². The van der Waals surface area contributed by atoms with E-state index in [1.54, 1.807) is 20.8 Å². The summed E-state index contributed by atoms with van der Waals surface area (Å²) in [6.45, 7) is 5.50. The highest BCUT2D eigenvalue weighted by molar-refractivity contribution is 5.70. The molecule has 0 atom stereocenters. The number of benzene rings is 1. The monoisotopic (exact) mass is 257 g/mol. The van der Waals surface area contributed by atoms with Crippen LogP contribution in [0.3, 0.4) is 0 Å². The molecule has 1 rings (SSSR count). The topological polar surface area (TPSA) is 38.3 Å². The lowest BCUT2D eigenvalue weighted by Gasteiger charge is -2.19. The number of esters is 1. The molecule has 0 heterocycles. The van der Waals surface area contributed by atoms with E-state index in [1.165, 1.54) is 12.1 Å². The third kappa shape index (κ3) is 4.69. The van der Waals surface area contributed by atoms with Gasteiger partial charge in [0.25, 0.3) is 0 Å². The van der Waals surface area contributed by atoms with Gasteiger partial charge in [-0.05, 0) is 32.9 Å².